The van der Waals surface area contributed by atoms with Crippen LogP contribution in [0.3, 0.4) is 0 Å². The molecular formula is C31H26F2N4O6. The number of fused-ring (bicyclic) bond motifs is 1. The molecule has 1 amide bonds. The Morgan fingerprint density at radius 2 is 1.72 bits per heavy atom. The van der Waals surface area contributed by atoms with Crippen LogP contribution in [0.15, 0.2) is 65.6 Å². The van der Waals surface area contributed by atoms with Gasteiger partial charge in [0.1, 0.15) is 16.9 Å². The summed E-state index contributed by atoms with van der Waals surface area (Å²) < 4.78 is 50.3. The van der Waals surface area contributed by atoms with E-state index in [0.29, 0.717) is 28.0 Å². The lowest BCUT2D eigenvalue weighted by Gasteiger charge is -2.15. The average molecular weight is 589 g/mol. The van der Waals surface area contributed by atoms with Crippen molar-refractivity contribution in [2.75, 3.05) is 26.6 Å². The molecule has 10 nitrogen and oxygen atoms in total. The fourth-order valence-electron chi connectivity index (χ4n) is 4.60. The molecule has 0 unspecified atom stereocenters. The SMILES string of the molecule is COCc1[nH]c(C)c(-c2ccc(F)cc2)c(=O)c1C(=O)Nc1ccc(Oc2ccnc3cc(OC)c(OC)nc23)c(F)c1. The highest BCUT2D eigenvalue weighted by molar-refractivity contribution is 6.05. The molecule has 220 valence electrons. The molecule has 0 atom stereocenters. The van der Waals surface area contributed by atoms with E-state index in [2.05, 4.69) is 20.3 Å². The van der Waals surface area contributed by atoms with E-state index >= 15 is 4.39 Å². The van der Waals surface area contributed by atoms with Gasteiger partial charge in [0.15, 0.2) is 23.1 Å². The highest BCUT2D eigenvalue weighted by atomic mass is 19.1. The third-order valence-corrected chi connectivity index (χ3v) is 6.55. The second-order valence-electron chi connectivity index (χ2n) is 9.33. The number of ether oxygens (including phenoxy) is 4. The Kier molecular flexibility index (Phi) is 8.30. The molecule has 3 aromatic heterocycles. The van der Waals surface area contributed by atoms with Crippen LogP contribution >= 0.6 is 0 Å². The number of carbonyl (C=O) groups excluding carboxylic acids is 1. The molecule has 0 aliphatic carbocycles. The van der Waals surface area contributed by atoms with Crippen LogP contribution < -0.4 is 25.0 Å². The number of halogens is 2. The molecule has 2 N–H and O–H groups in total. The van der Waals surface area contributed by atoms with E-state index < -0.39 is 23.0 Å². The zero-order valence-electron chi connectivity index (χ0n) is 23.6. The fraction of sp³-hybridized carbons (Fsp3) is 0.161. The van der Waals surface area contributed by atoms with Crippen LogP contribution in [0.25, 0.3) is 22.2 Å². The number of carbonyl (C=O) groups is 1. The topological polar surface area (TPSA) is 125 Å². The molecule has 2 aromatic carbocycles. The number of anilines is 1. The van der Waals surface area contributed by atoms with Gasteiger partial charge < -0.3 is 29.2 Å². The van der Waals surface area contributed by atoms with E-state index in [1.165, 1.54) is 70.0 Å². The van der Waals surface area contributed by atoms with Crippen molar-refractivity contribution in [2.45, 2.75) is 13.5 Å². The molecule has 5 aromatic rings. The molecule has 0 aliphatic rings. The summed E-state index contributed by atoms with van der Waals surface area (Å²) in [4.78, 5) is 38.6. The highest BCUT2D eigenvalue weighted by Gasteiger charge is 2.23. The lowest BCUT2D eigenvalue weighted by Crippen LogP contribution is -2.27. The van der Waals surface area contributed by atoms with Crippen molar-refractivity contribution in [1.82, 2.24) is 15.0 Å². The van der Waals surface area contributed by atoms with Crippen LogP contribution in [0.1, 0.15) is 21.7 Å². The van der Waals surface area contributed by atoms with Gasteiger partial charge in [0.25, 0.3) is 11.8 Å². The van der Waals surface area contributed by atoms with Gasteiger partial charge in [0.2, 0.25) is 5.43 Å². The van der Waals surface area contributed by atoms with Crippen LogP contribution in [0.4, 0.5) is 14.5 Å². The predicted molar refractivity (Wildman–Crippen MR) is 155 cm³/mol. The Morgan fingerprint density at radius 1 is 0.953 bits per heavy atom. The van der Waals surface area contributed by atoms with Crippen LogP contribution in [0.2, 0.25) is 0 Å². The molecule has 0 bridgehead atoms. The van der Waals surface area contributed by atoms with Crippen molar-refractivity contribution in [3.8, 4) is 34.3 Å². The van der Waals surface area contributed by atoms with E-state index in [1.54, 1.807) is 13.0 Å². The Bertz CT molecular complexity index is 1890. The van der Waals surface area contributed by atoms with E-state index in [1.807, 2.05) is 0 Å². The van der Waals surface area contributed by atoms with E-state index in [9.17, 15) is 14.0 Å². The van der Waals surface area contributed by atoms with Gasteiger partial charge in [-0.3, -0.25) is 14.6 Å². The van der Waals surface area contributed by atoms with Gasteiger partial charge in [-0.05, 0) is 36.8 Å². The monoisotopic (exact) mass is 588 g/mol. The van der Waals surface area contributed by atoms with E-state index in [0.717, 1.165) is 6.07 Å². The number of methoxy groups -OCH3 is 3. The second kappa shape index (κ2) is 12.2. The number of benzene rings is 2. The molecule has 0 saturated heterocycles. The number of nitrogens with zero attached hydrogens (tertiary/aromatic N) is 2. The van der Waals surface area contributed by atoms with Gasteiger partial charge >= 0.3 is 0 Å². The van der Waals surface area contributed by atoms with Crippen molar-refractivity contribution in [1.29, 1.82) is 0 Å². The Hall–Kier alpha value is -5.36. The first-order valence-electron chi connectivity index (χ1n) is 12.9. The maximum absolute atomic E-state index is 15.2. The van der Waals surface area contributed by atoms with Crippen LogP contribution in [0.5, 0.6) is 23.1 Å². The van der Waals surface area contributed by atoms with Crippen molar-refractivity contribution in [3.05, 3.63) is 99.6 Å². The number of H-pyrrole nitrogens is 1. The van der Waals surface area contributed by atoms with Crippen molar-refractivity contribution >= 4 is 22.6 Å². The maximum atomic E-state index is 15.2. The number of nitrogens with one attached hydrogen (secondary N) is 2. The number of rotatable bonds is 9. The predicted octanol–water partition coefficient (Wildman–Crippen LogP) is 5.78. The number of aromatic amines is 1. The lowest BCUT2D eigenvalue weighted by molar-refractivity contribution is 0.101. The third kappa shape index (κ3) is 5.86. The molecule has 12 heteroatoms. The third-order valence-electron chi connectivity index (χ3n) is 6.55. The molecule has 43 heavy (non-hydrogen) atoms. The number of amides is 1. The zero-order chi connectivity index (χ0) is 30.7. The summed E-state index contributed by atoms with van der Waals surface area (Å²) in [5.41, 5.74) is 1.37. The summed E-state index contributed by atoms with van der Waals surface area (Å²) in [7, 11) is 4.33. The first-order chi connectivity index (χ1) is 20.7. The molecule has 0 fully saturated rings. The first kappa shape index (κ1) is 29.1. The summed E-state index contributed by atoms with van der Waals surface area (Å²) in [6, 6.07) is 12.3. The Labute approximate surface area is 244 Å². The molecule has 0 aliphatic heterocycles. The van der Waals surface area contributed by atoms with Gasteiger partial charge in [-0.1, -0.05) is 12.1 Å². The highest BCUT2D eigenvalue weighted by Crippen LogP contribution is 2.35. The summed E-state index contributed by atoms with van der Waals surface area (Å²) in [5.74, 6) is -1.39. The van der Waals surface area contributed by atoms with Gasteiger partial charge in [-0.15, -0.1) is 0 Å². The number of pyridine rings is 3. The average Bonchev–Trinajstić information content (AvgIpc) is 2.99. The normalized spacial score (nSPS) is 10.9. The number of hydrogen-bond acceptors (Lipinski definition) is 8. The van der Waals surface area contributed by atoms with E-state index in [-0.39, 0.29) is 46.5 Å². The lowest BCUT2D eigenvalue weighted by atomic mass is 9.99. The summed E-state index contributed by atoms with van der Waals surface area (Å²) in [6.07, 6.45) is 1.48. The molecule has 5 rings (SSSR count). The van der Waals surface area contributed by atoms with Gasteiger partial charge in [0.05, 0.1) is 32.0 Å². The van der Waals surface area contributed by atoms with Gasteiger partial charge in [-0.2, -0.15) is 0 Å². The minimum Gasteiger partial charge on any atom is -0.491 e. The molecule has 3 heterocycles. The summed E-state index contributed by atoms with van der Waals surface area (Å²) in [5, 5.41) is 2.57. The molecular weight excluding hydrogens is 562 g/mol. The number of aryl methyl sites for hydroxylation is 1. The molecule has 0 saturated carbocycles. The standard InChI is InChI=1S/C31H26F2N4O6/c1-16-26(17-5-7-18(32)8-6-17)29(38)27(22(35-16)15-40-2)30(39)36-19-9-10-23(20(33)13-19)43-24-11-12-34-21-14-25(41-3)31(42-4)37-28(21)24/h5-14H,15H2,1-4H3,(H,35,38)(H,36,39). The first-order valence-corrected chi connectivity index (χ1v) is 12.9. The molecule has 0 radical (unpaired) electrons. The maximum Gasteiger partial charge on any atom is 0.261 e. The van der Waals surface area contributed by atoms with Crippen molar-refractivity contribution in [2.24, 2.45) is 0 Å². The largest absolute Gasteiger partial charge is 0.491 e. The number of aromatic nitrogens is 3. The minimum atomic E-state index is -0.787. The van der Waals surface area contributed by atoms with Gasteiger partial charge in [0, 0.05) is 48.5 Å². The minimum absolute atomic E-state index is 0.0613. The molecule has 0 spiro atoms. The van der Waals surface area contributed by atoms with E-state index in [4.69, 9.17) is 18.9 Å². The van der Waals surface area contributed by atoms with Crippen molar-refractivity contribution < 1.29 is 32.5 Å². The Morgan fingerprint density at radius 3 is 2.40 bits per heavy atom. The Balaban J connectivity index is 1.45. The van der Waals surface area contributed by atoms with Crippen molar-refractivity contribution in [3.63, 3.8) is 0 Å². The quantitative estimate of drug-likeness (QED) is 0.222. The second-order valence-corrected chi connectivity index (χ2v) is 9.33. The summed E-state index contributed by atoms with van der Waals surface area (Å²) >= 11 is 0. The zero-order valence-corrected chi connectivity index (χ0v) is 23.6. The smallest absolute Gasteiger partial charge is 0.261 e. The van der Waals surface area contributed by atoms with Gasteiger partial charge in [-0.25, -0.2) is 13.8 Å². The van der Waals surface area contributed by atoms with Crippen LogP contribution in [-0.4, -0.2) is 42.2 Å². The number of hydrogen-bond donors (Lipinski definition) is 2. The fourth-order valence-corrected chi connectivity index (χ4v) is 4.60. The van der Waals surface area contributed by atoms with Crippen LogP contribution in [0, 0.1) is 18.6 Å². The summed E-state index contributed by atoms with van der Waals surface area (Å²) in [6.45, 7) is 1.61. The van der Waals surface area contributed by atoms with Crippen LogP contribution in [-0.2, 0) is 11.3 Å².